The Labute approximate surface area is 143 Å². The van der Waals surface area contributed by atoms with Crippen LogP contribution in [0.5, 0.6) is 5.75 Å². The Hall–Kier alpha value is -3.34. The van der Waals surface area contributed by atoms with Crippen molar-refractivity contribution in [1.82, 2.24) is 4.57 Å². The van der Waals surface area contributed by atoms with Crippen molar-refractivity contribution in [2.45, 2.75) is 6.92 Å². The van der Waals surface area contributed by atoms with Crippen LogP contribution in [-0.2, 0) is 0 Å². The fraction of sp³-hybridized carbons (Fsp3) is 0.100. The van der Waals surface area contributed by atoms with Crippen molar-refractivity contribution in [3.63, 3.8) is 0 Å². The fourth-order valence-electron chi connectivity index (χ4n) is 2.96. The van der Waals surface area contributed by atoms with Gasteiger partial charge in [-0.1, -0.05) is 18.2 Å². The van der Waals surface area contributed by atoms with E-state index in [4.69, 9.17) is 9.15 Å². The Kier molecular flexibility index (Phi) is 3.61. The molecule has 0 aliphatic heterocycles. The molecule has 0 N–H and O–H groups in total. The third-order valence-electron chi connectivity index (χ3n) is 4.10. The van der Waals surface area contributed by atoms with Gasteiger partial charge in [-0.25, -0.2) is 4.79 Å². The maximum atomic E-state index is 12.6. The molecule has 0 fully saturated rings. The number of para-hydroxylation sites is 1. The molecule has 0 bridgehead atoms. The molecule has 0 radical (unpaired) electrons. The zero-order valence-electron chi connectivity index (χ0n) is 13.6. The number of fused-ring (bicyclic) bond motifs is 2. The predicted octanol–water partition coefficient (Wildman–Crippen LogP) is 3.78. The molecule has 0 spiro atoms. The van der Waals surface area contributed by atoms with E-state index >= 15 is 0 Å². The smallest absolute Gasteiger partial charge is 0.336 e. The van der Waals surface area contributed by atoms with Gasteiger partial charge in [0, 0.05) is 28.6 Å². The number of aromatic nitrogens is 1. The first kappa shape index (κ1) is 15.2. The lowest BCUT2D eigenvalue weighted by Gasteiger charge is -2.09. The standard InChI is InChI=1S/C20H15NO4/c1-13-10-15-4-2-3-5-17(15)21(13)19(22)12-24-16-8-6-14-7-9-20(23)25-18(14)11-16/h2-11H,12H2,1H3. The molecule has 0 aliphatic rings. The van der Waals surface area contributed by atoms with Gasteiger partial charge in [0.15, 0.2) is 6.61 Å². The van der Waals surface area contributed by atoms with Gasteiger partial charge >= 0.3 is 5.63 Å². The minimum atomic E-state index is -0.421. The Bertz CT molecular complexity index is 1150. The third kappa shape index (κ3) is 2.80. The maximum absolute atomic E-state index is 12.6. The summed E-state index contributed by atoms with van der Waals surface area (Å²) in [7, 11) is 0. The molecule has 2 heterocycles. The van der Waals surface area contributed by atoms with Crippen molar-refractivity contribution < 1.29 is 13.9 Å². The summed E-state index contributed by atoms with van der Waals surface area (Å²) in [4.78, 5) is 23.9. The Morgan fingerprint density at radius 3 is 2.72 bits per heavy atom. The zero-order chi connectivity index (χ0) is 17.4. The number of carbonyl (C=O) groups excluding carboxylic acids is 1. The van der Waals surface area contributed by atoms with Crippen LogP contribution in [0.3, 0.4) is 0 Å². The highest BCUT2D eigenvalue weighted by Gasteiger charge is 2.13. The summed E-state index contributed by atoms with van der Waals surface area (Å²) >= 11 is 0. The largest absolute Gasteiger partial charge is 0.484 e. The van der Waals surface area contributed by atoms with Gasteiger partial charge in [0.2, 0.25) is 0 Å². The summed E-state index contributed by atoms with van der Waals surface area (Å²) in [5.74, 6) is 0.317. The Balaban J connectivity index is 1.59. The second-order valence-electron chi connectivity index (χ2n) is 5.82. The zero-order valence-corrected chi connectivity index (χ0v) is 13.6. The summed E-state index contributed by atoms with van der Waals surface area (Å²) in [5.41, 5.74) is 1.73. The van der Waals surface area contributed by atoms with E-state index in [-0.39, 0.29) is 12.5 Å². The first-order valence-corrected chi connectivity index (χ1v) is 7.89. The molecule has 0 saturated heterocycles. The van der Waals surface area contributed by atoms with Crippen LogP contribution in [0.15, 0.2) is 69.9 Å². The highest BCUT2D eigenvalue weighted by molar-refractivity contribution is 5.94. The quantitative estimate of drug-likeness (QED) is 0.535. The van der Waals surface area contributed by atoms with Crippen LogP contribution in [0, 0.1) is 6.92 Å². The first-order valence-electron chi connectivity index (χ1n) is 7.89. The van der Waals surface area contributed by atoms with E-state index in [0.717, 1.165) is 22.0 Å². The number of hydrogen-bond donors (Lipinski definition) is 0. The average molecular weight is 333 g/mol. The molecule has 4 rings (SSSR count). The molecule has 0 saturated carbocycles. The molecule has 0 atom stereocenters. The number of carbonyl (C=O) groups is 1. The van der Waals surface area contributed by atoms with Crippen molar-refractivity contribution in [3.05, 3.63) is 76.8 Å². The van der Waals surface area contributed by atoms with Crippen molar-refractivity contribution in [1.29, 1.82) is 0 Å². The number of rotatable bonds is 3. The van der Waals surface area contributed by atoms with Gasteiger partial charge < -0.3 is 9.15 Å². The first-order chi connectivity index (χ1) is 12.1. The van der Waals surface area contributed by atoms with Gasteiger partial charge in [-0.3, -0.25) is 9.36 Å². The molecule has 25 heavy (non-hydrogen) atoms. The normalized spacial score (nSPS) is 11.1. The van der Waals surface area contributed by atoms with Crippen LogP contribution in [-0.4, -0.2) is 17.1 Å². The number of ether oxygens (including phenoxy) is 1. The second kappa shape index (κ2) is 5.94. The third-order valence-corrected chi connectivity index (χ3v) is 4.10. The summed E-state index contributed by atoms with van der Waals surface area (Å²) in [6.45, 7) is 1.78. The molecular formula is C20H15NO4. The number of aryl methyl sites for hydroxylation is 1. The molecular weight excluding hydrogens is 318 g/mol. The minimum absolute atomic E-state index is 0.109. The van der Waals surface area contributed by atoms with Crippen molar-refractivity contribution >= 4 is 27.8 Å². The van der Waals surface area contributed by atoms with Crippen LogP contribution in [0.25, 0.3) is 21.9 Å². The Morgan fingerprint density at radius 1 is 1.04 bits per heavy atom. The molecule has 5 nitrogen and oxygen atoms in total. The average Bonchev–Trinajstić information content (AvgIpc) is 2.95. The second-order valence-corrected chi connectivity index (χ2v) is 5.82. The SMILES string of the molecule is Cc1cc2ccccc2n1C(=O)COc1ccc2ccc(=O)oc2c1. The lowest BCUT2D eigenvalue weighted by molar-refractivity contribution is 0.0841. The molecule has 2 aromatic heterocycles. The van der Waals surface area contributed by atoms with Crippen molar-refractivity contribution in [2.75, 3.05) is 6.61 Å². The Morgan fingerprint density at radius 2 is 1.84 bits per heavy atom. The van der Waals surface area contributed by atoms with Crippen LogP contribution in [0.1, 0.15) is 10.5 Å². The summed E-state index contributed by atoms with van der Waals surface area (Å²) < 4.78 is 12.4. The molecule has 124 valence electrons. The van der Waals surface area contributed by atoms with E-state index in [1.54, 1.807) is 28.8 Å². The maximum Gasteiger partial charge on any atom is 0.336 e. The van der Waals surface area contributed by atoms with Crippen LogP contribution in [0.2, 0.25) is 0 Å². The molecule has 4 aromatic rings. The molecule has 5 heteroatoms. The number of hydrogen-bond acceptors (Lipinski definition) is 4. The molecule has 2 aromatic carbocycles. The predicted molar refractivity (Wildman–Crippen MR) is 95.3 cm³/mol. The van der Waals surface area contributed by atoms with E-state index in [1.807, 2.05) is 37.3 Å². The van der Waals surface area contributed by atoms with Crippen molar-refractivity contribution in [3.8, 4) is 5.75 Å². The summed E-state index contributed by atoms with van der Waals surface area (Å²) in [5, 5.41) is 1.81. The molecule has 0 amide bonds. The van der Waals surface area contributed by atoms with Gasteiger partial charge in [-0.05, 0) is 37.3 Å². The summed E-state index contributed by atoms with van der Waals surface area (Å²) in [6, 6.07) is 17.9. The van der Waals surface area contributed by atoms with E-state index in [2.05, 4.69) is 0 Å². The topological polar surface area (TPSA) is 61.4 Å². The fourth-order valence-corrected chi connectivity index (χ4v) is 2.96. The highest BCUT2D eigenvalue weighted by Crippen LogP contribution is 2.21. The van der Waals surface area contributed by atoms with Gasteiger partial charge in [0.1, 0.15) is 11.3 Å². The van der Waals surface area contributed by atoms with E-state index in [1.165, 1.54) is 6.07 Å². The monoisotopic (exact) mass is 333 g/mol. The molecule has 0 aliphatic carbocycles. The summed E-state index contributed by atoms with van der Waals surface area (Å²) in [6.07, 6.45) is 0. The molecule has 0 unspecified atom stereocenters. The number of nitrogens with zero attached hydrogens (tertiary/aromatic N) is 1. The van der Waals surface area contributed by atoms with Crippen molar-refractivity contribution in [2.24, 2.45) is 0 Å². The van der Waals surface area contributed by atoms with E-state index < -0.39 is 5.63 Å². The van der Waals surface area contributed by atoms with Gasteiger partial charge in [-0.15, -0.1) is 0 Å². The van der Waals surface area contributed by atoms with Crippen LogP contribution >= 0.6 is 0 Å². The lowest BCUT2D eigenvalue weighted by Crippen LogP contribution is -2.20. The number of benzene rings is 2. The van der Waals surface area contributed by atoms with Gasteiger partial charge in [0.25, 0.3) is 5.91 Å². The minimum Gasteiger partial charge on any atom is -0.484 e. The van der Waals surface area contributed by atoms with Crippen LogP contribution < -0.4 is 10.4 Å². The van der Waals surface area contributed by atoms with Gasteiger partial charge in [0.05, 0.1) is 5.52 Å². The van der Waals surface area contributed by atoms with E-state index in [9.17, 15) is 9.59 Å². The van der Waals surface area contributed by atoms with E-state index in [0.29, 0.717) is 11.3 Å². The van der Waals surface area contributed by atoms with Gasteiger partial charge in [-0.2, -0.15) is 0 Å². The lowest BCUT2D eigenvalue weighted by atomic mass is 10.2. The highest BCUT2D eigenvalue weighted by atomic mass is 16.5. The van der Waals surface area contributed by atoms with Crippen LogP contribution in [0.4, 0.5) is 0 Å².